The average Bonchev–Trinajstić information content (AvgIpc) is 2.63. The third kappa shape index (κ3) is 2.79. The van der Waals surface area contributed by atoms with E-state index in [2.05, 4.69) is 16.8 Å². The lowest BCUT2D eigenvalue weighted by Crippen LogP contribution is -2.60. The summed E-state index contributed by atoms with van der Waals surface area (Å²) in [5.74, 6) is 2.85. The average molecular weight is 381 g/mol. The summed E-state index contributed by atoms with van der Waals surface area (Å²) in [4.78, 5) is 22.3. The highest BCUT2D eigenvalue weighted by atomic mass is 16.5. The number of rotatable bonds is 4. The Hall–Kier alpha value is -2.13. The van der Waals surface area contributed by atoms with Crippen molar-refractivity contribution < 1.29 is 14.6 Å². The molecule has 0 aromatic carbocycles. The molecule has 6 heteroatoms. The van der Waals surface area contributed by atoms with Crippen molar-refractivity contribution in [1.82, 2.24) is 9.88 Å². The zero-order chi connectivity index (χ0) is 19.5. The second kappa shape index (κ2) is 6.45. The SMILES string of the molecule is [C-]#[N+]c1ccc(OC2CN(C(=O)CC3(C)C4CC5CC3CC(C4)C5O)C2)nc1. The van der Waals surface area contributed by atoms with Crippen molar-refractivity contribution in [3.8, 4) is 5.88 Å². The molecule has 4 aliphatic carbocycles. The number of pyridine rings is 1. The quantitative estimate of drug-likeness (QED) is 0.814. The molecule has 1 saturated heterocycles. The van der Waals surface area contributed by atoms with Gasteiger partial charge >= 0.3 is 0 Å². The van der Waals surface area contributed by atoms with Gasteiger partial charge in [0.1, 0.15) is 6.10 Å². The van der Waals surface area contributed by atoms with E-state index in [0.717, 1.165) is 25.7 Å². The van der Waals surface area contributed by atoms with E-state index in [4.69, 9.17) is 11.3 Å². The lowest BCUT2D eigenvalue weighted by Gasteiger charge is -2.62. The number of hydrogen-bond acceptors (Lipinski definition) is 4. The fourth-order valence-electron chi connectivity index (χ4n) is 6.32. The van der Waals surface area contributed by atoms with Gasteiger partial charge in [0.05, 0.1) is 25.8 Å². The van der Waals surface area contributed by atoms with Gasteiger partial charge in [0.15, 0.2) is 0 Å². The summed E-state index contributed by atoms with van der Waals surface area (Å²) in [7, 11) is 0. The molecular weight excluding hydrogens is 354 g/mol. The summed E-state index contributed by atoms with van der Waals surface area (Å²) in [6.45, 7) is 10.5. The van der Waals surface area contributed by atoms with Crippen LogP contribution in [0.2, 0.25) is 0 Å². The Kier molecular flexibility index (Phi) is 4.13. The number of carbonyl (C=O) groups excluding carboxylic acids is 1. The number of carbonyl (C=O) groups is 1. The van der Waals surface area contributed by atoms with Crippen LogP contribution < -0.4 is 4.74 Å². The minimum atomic E-state index is -0.0986. The van der Waals surface area contributed by atoms with Crippen LogP contribution in [0, 0.1) is 35.7 Å². The molecule has 1 aromatic heterocycles. The van der Waals surface area contributed by atoms with Gasteiger partial charge in [-0.3, -0.25) is 4.79 Å². The molecule has 0 spiro atoms. The van der Waals surface area contributed by atoms with E-state index in [0.29, 0.717) is 54.7 Å². The van der Waals surface area contributed by atoms with Crippen LogP contribution in [0.1, 0.15) is 39.0 Å². The van der Waals surface area contributed by atoms with Crippen molar-refractivity contribution in [2.75, 3.05) is 13.1 Å². The lowest BCUT2D eigenvalue weighted by atomic mass is 9.44. The fourth-order valence-corrected chi connectivity index (χ4v) is 6.32. The molecule has 5 aliphatic rings. The van der Waals surface area contributed by atoms with Gasteiger partial charge in [0.2, 0.25) is 17.5 Å². The van der Waals surface area contributed by atoms with Gasteiger partial charge in [0, 0.05) is 12.6 Å². The number of hydrogen-bond donors (Lipinski definition) is 1. The van der Waals surface area contributed by atoms with Crippen LogP contribution in [-0.2, 0) is 4.79 Å². The maximum atomic E-state index is 12.9. The van der Waals surface area contributed by atoms with Gasteiger partial charge in [-0.25, -0.2) is 9.83 Å². The Morgan fingerprint density at radius 1 is 1.29 bits per heavy atom. The highest BCUT2D eigenvalue weighted by Crippen LogP contribution is 2.63. The van der Waals surface area contributed by atoms with Crippen molar-refractivity contribution in [1.29, 1.82) is 0 Å². The molecule has 6 rings (SSSR count). The van der Waals surface area contributed by atoms with Crippen LogP contribution in [0.5, 0.6) is 5.88 Å². The Balaban J connectivity index is 1.16. The molecule has 1 aromatic rings. The van der Waals surface area contributed by atoms with Crippen molar-refractivity contribution in [3.63, 3.8) is 0 Å². The van der Waals surface area contributed by atoms with Crippen LogP contribution in [0.3, 0.4) is 0 Å². The number of likely N-dealkylation sites (tertiary alicyclic amines) is 1. The molecule has 0 radical (unpaired) electrons. The van der Waals surface area contributed by atoms with Gasteiger partial charge < -0.3 is 14.7 Å². The number of aliphatic hydroxyl groups is 1. The van der Waals surface area contributed by atoms with E-state index in [-0.39, 0.29) is 23.5 Å². The van der Waals surface area contributed by atoms with Gasteiger partial charge in [-0.05, 0) is 66.9 Å². The van der Waals surface area contributed by atoms with E-state index in [1.54, 1.807) is 12.1 Å². The monoisotopic (exact) mass is 381 g/mol. The molecule has 148 valence electrons. The van der Waals surface area contributed by atoms with Crippen LogP contribution in [0.25, 0.3) is 4.85 Å². The van der Waals surface area contributed by atoms with Crippen LogP contribution in [-0.4, -0.2) is 46.2 Å². The number of aliphatic hydroxyl groups excluding tert-OH is 1. The number of nitrogens with zero attached hydrogens (tertiary/aromatic N) is 3. The minimum Gasteiger partial charge on any atom is -0.471 e. The first kappa shape index (κ1) is 17.9. The van der Waals surface area contributed by atoms with E-state index >= 15 is 0 Å². The predicted molar refractivity (Wildman–Crippen MR) is 103 cm³/mol. The molecule has 0 atom stereocenters. The summed E-state index contributed by atoms with van der Waals surface area (Å²) >= 11 is 0. The molecule has 1 aliphatic heterocycles. The largest absolute Gasteiger partial charge is 0.471 e. The Bertz CT molecular complexity index is 779. The third-order valence-corrected chi connectivity index (χ3v) is 8.05. The second-order valence-electron chi connectivity index (χ2n) is 9.54. The van der Waals surface area contributed by atoms with E-state index < -0.39 is 0 Å². The highest BCUT2D eigenvalue weighted by Gasteiger charge is 2.58. The molecule has 1 amide bonds. The summed E-state index contributed by atoms with van der Waals surface area (Å²) in [6, 6.07) is 3.41. The summed E-state index contributed by atoms with van der Waals surface area (Å²) in [5, 5.41) is 10.4. The van der Waals surface area contributed by atoms with Crippen LogP contribution in [0.4, 0.5) is 5.69 Å². The van der Waals surface area contributed by atoms with Crippen molar-refractivity contribution in [2.24, 2.45) is 29.1 Å². The number of aromatic nitrogens is 1. The maximum Gasteiger partial charge on any atom is 0.223 e. The second-order valence-corrected chi connectivity index (χ2v) is 9.54. The number of amides is 1. The lowest BCUT2D eigenvalue weighted by molar-refractivity contribution is -0.173. The Labute approximate surface area is 165 Å². The molecule has 4 bridgehead atoms. The number of ether oxygens (including phenoxy) is 1. The van der Waals surface area contributed by atoms with Gasteiger partial charge in [0.25, 0.3) is 0 Å². The van der Waals surface area contributed by atoms with Gasteiger partial charge in [-0.1, -0.05) is 6.92 Å². The van der Waals surface area contributed by atoms with E-state index in [1.165, 1.54) is 6.20 Å². The topological polar surface area (TPSA) is 67.0 Å². The normalized spacial score (nSPS) is 38.8. The molecular formula is C22H27N3O3. The molecule has 1 N–H and O–H groups in total. The molecule has 28 heavy (non-hydrogen) atoms. The van der Waals surface area contributed by atoms with E-state index in [9.17, 15) is 9.90 Å². The zero-order valence-corrected chi connectivity index (χ0v) is 16.3. The highest BCUT2D eigenvalue weighted by molar-refractivity contribution is 5.78. The third-order valence-electron chi connectivity index (χ3n) is 8.05. The minimum absolute atomic E-state index is 0.0170. The smallest absolute Gasteiger partial charge is 0.223 e. The maximum absolute atomic E-state index is 12.9. The van der Waals surface area contributed by atoms with Crippen LogP contribution in [0.15, 0.2) is 18.3 Å². The van der Waals surface area contributed by atoms with Crippen molar-refractivity contribution >= 4 is 11.6 Å². The predicted octanol–water partition coefficient (Wildman–Crippen LogP) is 3.05. The summed E-state index contributed by atoms with van der Waals surface area (Å²) < 4.78 is 5.82. The standard InChI is InChI=1S/C22H27N3O3/c1-22(15-5-13-6-16(22)8-14(7-15)21(13)27)9-20(26)25-11-18(12-25)28-19-4-3-17(23-2)10-24-19/h3-4,10,13-16,18,21,27H,5-9,11-12H2,1H3. The molecule has 0 unspecified atom stereocenters. The van der Waals surface area contributed by atoms with Gasteiger partial charge in [-0.15, -0.1) is 0 Å². The first-order valence-corrected chi connectivity index (χ1v) is 10.4. The molecule has 2 heterocycles. The summed E-state index contributed by atoms with van der Waals surface area (Å²) in [5.41, 5.74) is 0.585. The first-order chi connectivity index (χ1) is 13.5. The van der Waals surface area contributed by atoms with Crippen molar-refractivity contribution in [2.45, 2.75) is 51.2 Å². The van der Waals surface area contributed by atoms with Gasteiger partial charge in [-0.2, -0.15) is 0 Å². The van der Waals surface area contributed by atoms with E-state index in [1.807, 2.05) is 4.90 Å². The first-order valence-electron chi connectivity index (χ1n) is 10.4. The molecule has 5 fully saturated rings. The Morgan fingerprint density at radius 3 is 2.46 bits per heavy atom. The van der Waals surface area contributed by atoms with Crippen LogP contribution >= 0.6 is 0 Å². The molecule has 6 nitrogen and oxygen atoms in total. The Morgan fingerprint density at radius 2 is 1.93 bits per heavy atom. The fraction of sp³-hybridized carbons (Fsp3) is 0.682. The van der Waals surface area contributed by atoms with Crippen molar-refractivity contribution in [3.05, 3.63) is 29.7 Å². The molecule has 4 saturated carbocycles. The summed E-state index contributed by atoms with van der Waals surface area (Å²) in [6.07, 6.45) is 6.39. The zero-order valence-electron chi connectivity index (χ0n) is 16.3.